The molecule has 0 radical (unpaired) electrons. The maximum Gasteiger partial charge on any atom is 0.255 e. The molecule has 0 fully saturated rings. The van der Waals surface area contributed by atoms with Crippen LogP contribution in [0, 0.1) is 5.92 Å². The van der Waals surface area contributed by atoms with Crippen LogP contribution in [0.25, 0.3) is 0 Å². The molecule has 0 aromatic heterocycles. The van der Waals surface area contributed by atoms with Gasteiger partial charge >= 0.3 is 0 Å². The summed E-state index contributed by atoms with van der Waals surface area (Å²) in [6, 6.07) is 12.4. The third-order valence-electron chi connectivity index (χ3n) is 2.88. The summed E-state index contributed by atoms with van der Waals surface area (Å²) < 4.78 is 6.46. The molecule has 2 aromatic carbocycles. The van der Waals surface area contributed by atoms with E-state index in [9.17, 15) is 4.79 Å². The van der Waals surface area contributed by atoms with Crippen LogP contribution in [0.1, 0.15) is 24.2 Å². The van der Waals surface area contributed by atoms with E-state index < -0.39 is 0 Å². The quantitative estimate of drug-likeness (QED) is 0.753. The molecule has 0 heterocycles. The van der Waals surface area contributed by atoms with E-state index in [4.69, 9.17) is 16.3 Å². The fraction of sp³-hybridized carbons (Fsp3) is 0.235. The molecule has 22 heavy (non-hydrogen) atoms. The molecule has 2 aromatic rings. The first-order valence-electron chi connectivity index (χ1n) is 6.95. The van der Waals surface area contributed by atoms with Crippen molar-refractivity contribution < 1.29 is 9.53 Å². The van der Waals surface area contributed by atoms with Gasteiger partial charge in [-0.25, -0.2) is 0 Å². The highest BCUT2D eigenvalue weighted by Gasteiger charge is 2.09. The van der Waals surface area contributed by atoms with E-state index >= 15 is 0 Å². The van der Waals surface area contributed by atoms with Crippen LogP contribution >= 0.6 is 27.5 Å². The summed E-state index contributed by atoms with van der Waals surface area (Å²) in [5, 5.41) is 3.28. The molecule has 1 N–H and O–H groups in total. The smallest absolute Gasteiger partial charge is 0.255 e. The van der Waals surface area contributed by atoms with E-state index in [1.165, 1.54) is 0 Å². The molecule has 0 saturated heterocycles. The molecule has 116 valence electrons. The van der Waals surface area contributed by atoms with Crippen LogP contribution in [-0.2, 0) is 0 Å². The van der Waals surface area contributed by atoms with Crippen molar-refractivity contribution in [3.63, 3.8) is 0 Å². The summed E-state index contributed by atoms with van der Waals surface area (Å²) in [6.07, 6.45) is 0. The fourth-order valence-electron chi connectivity index (χ4n) is 1.75. The van der Waals surface area contributed by atoms with Crippen LogP contribution in [0.2, 0.25) is 5.02 Å². The zero-order chi connectivity index (χ0) is 16.1. The van der Waals surface area contributed by atoms with Crippen molar-refractivity contribution >= 4 is 39.1 Å². The second-order valence-electron chi connectivity index (χ2n) is 5.31. The molecule has 0 spiro atoms. The monoisotopic (exact) mass is 381 g/mol. The Hall–Kier alpha value is -1.52. The van der Waals surface area contributed by atoms with Gasteiger partial charge in [-0.15, -0.1) is 0 Å². The second kappa shape index (κ2) is 7.65. The van der Waals surface area contributed by atoms with Crippen LogP contribution in [-0.4, -0.2) is 12.5 Å². The summed E-state index contributed by atoms with van der Waals surface area (Å²) in [7, 11) is 0. The molecule has 0 unspecified atom stereocenters. The average Bonchev–Trinajstić information content (AvgIpc) is 2.48. The summed E-state index contributed by atoms with van der Waals surface area (Å²) in [5.74, 6) is 1.01. The predicted molar refractivity (Wildman–Crippen MR) is 93.9 cm³/mol. The van der Waals surface area contributed by atoms with Gasteiger partial charge in [-0.05, 0) is 48.4 Å². The Labute approximate surface area is 143 Å². The number of anilines is 1. The Morgan fingerprint density at radius 2 is 1.91 bits per heavy atom. The lowest BCUT2D eigenvalue weighted by Crippen LogP contribution is -2.12. The van der Waals surface area contributed by atoms with E-state index in [-0.39, 0.29) is 5.91 Å². The van der Waals surface area contributed by atoms with E-state index in [1.807, 2.05) is 6.07 Å². The number of ether oxygens (including phenoxy) is 1. The van der Waals surface area contributed by atoms with Crippen molar-refractivity contribution in [2.45, 2.75) is 13.8 Å². The molecule has 0 aliphatic heterocycles. The number of amides is 1. The van der Waals surface area contributed by atoms with Crippen molar-refractivity contribution in [1.82, 2.24) is 0 Å². The van der Waals surface area contributed by atoms with Crippen molar-refractivity contribution in [1.29, 1.82) is 0 Å². The topological polar surface area (TPSA) is 38.3 Å². The summed E-state index contributed by atoms with van der Waals surface area (Å²) in [4.78, 5) is 12.2. The Bertz CT molecular complexity index is 656. The molecule has 0 atom stereocenters. The Kier molecular flexibility index (Phi) is 5.86. The van der Waals surface area contributed by atoms with Crippen LogP contribution in [0.3, 0.4) is 0 Å². The van der Waals surface area contributed by atoms with Gasteiger partial charge in [-0.2, -0.15) is 0 Å². The van der Waals surface area contributed by atoms with E-state index in [1.54, 1.807) is 36.4 Å². The highest BCUT2D eigenvalue weighted by molar-refractivity contribution is 9.10. The number of nitrogens with one attached hydrogen (secondary N) is 1. The molecule has 0 aliphatic carbocycles. The zero-order valence-corrected chi connectivity index (χ0v) is 14.7. The first-order valence-corrected chi connectivity index (χ1v) is 8.12. The molecule has 5 heteroatoms. The highest BCUT2D eigenvalue weighted by atomic mass is 79.9. The van der Waals surface area contributed by atoms with Gasteiger partial charge in [0.1, 0.15) is 5.75 Å². The number of hydrogen-bond acceptors (Lipinski definition) is 2. The Balaban J connectivity index is 2.03. The summed E-state index contributed by atoms with van der Waals surface area (Å²) in [6.45, 7) is 4.83. The van der Waals surface area contributed by atoms with E-state index in [0.717, 1.165) is 10.2 Å². The molecule has 0 bridgehead atoms. The van der Waals surface area contributed by atoms with Gasteiger partial charge in [0.05, 0.1) is 17.3 Å². The maximum absolute atomic E-state index is 12.2. The first kappa shape index (κ1) is 16.8. The third-order valence-corrected chi connectivity index (χ3v) is 3.69. The maximum atomic E-state index is 12.2. The average molecular weight is 383 g/mol. The van der Waals surface area contributed by atoms with Gasteiger partial charge in [0, 0.05) is 10.0 Å². The minimum atomic E-state index is -0.209. The molecule has 2 rings (SSSR count). The molecular weight excluding hydrogens is 366 g/mol. The van der Waals surface area contributed by atoms with Gasteiger partial charge in [-0.3, -0.25) is 4.79 Å². The van der Waals surface area contributed by atoms with Crippen LogP contribution in [0.4, 0.5) is 5.69 Å². The van der Waals surface area contributed by atoms with Gasteiger partial charge in [-0.1, -0.05) is 41.4 Å². The fourth-order valence-corrected chi connectivity index (χ4v) is 2.47. The van der Waals surface area contributed by atoms with Crippen LogP contribution in [0.15, 0.2) is 46.9 Å². The molecule has 0 saturated carbocycles. The van der Waals surface area contributed by atoms with Crippen molar-refractivity contribution in [2.75, 3.05) is 11.9 Å². The Morgan fingerprint density at radius 1 is 1.23 bits per heavy atom. The summed E-state index contributed by atoms with van der Waals surface area (Å²) >= 11 is 9.42. The summed E-state index contributed by atoms with van der Waals surface area (Å²) in [5.41, 5.74) is 1.13. The number of hydrogen-bond donors (Lipinski definition) is 1. The number of halogens is 2. The standard InChI is InChI=1S/C17H17BrClNO2/c1-11(2)10-22-14-6-3-12(4-7-14)17(21)20-16-8-5-13(18)9-15(16)19/h3-9,11H,10H2,1-2H3,(H,20,21). The van der Waals surface area contributed by atoms with Gasteiger partial charge < -0.3 is 10.1 Å². The molecular formula is C17H17BrClNO2. The van der Waals surface area contributed by atoms with E-state index in [0.29, 0.717) is 28.8 Å². The highest BCUT2D eigenvalue weighted by Crippen LogP contribution is 2.26. The predicted octanol–water partition coefficient (Wildman–Crippen LogP) is 5.39. The number of carbonyl (C=O) groups is 1. The first-order chi connectivity index (χ1) is 10.5. The van der Waals surface area contributed by atoms with Crippen molar-refractivity contribution in [3.05, 3.63) is 57.5 Å². The lowest BCUT2D eigenvalue weighted by atomic mass is 10.2. The lowest BCUT2D eigenvalue weighted by Gasteiger charge is -2.10. The number of benzene rings is 2. The van der Waals surface area contributed by atoms with Crippen LogP contribution in [0.5, 0.6) is 5.75 Å². The molecule has 0 aliphatic rings. The van der Waals surface area contributed by atoms with Crippen molar-refractivity contribution in [3.8, 4) is 5.75 Å². The van der Waals surface area contributed by atoms with Gasteiger partial charge in [0.25, 0.3) is 5.91 Å². The number of rotatable bonds is 5. The molecule has 3 nitrogen and oxygen atoms in total. The minimum Gasteiger partial charge on any atom is -0.493 e. The van der Waals surface area contributed by atoms with Gasteiger partial charge in [0.2, 0.25) is 0 Å². The zero-order valence-electron chi connectivity index (χ0n) is 12.4. The van der Waals surface area contributed by atoms with Gasteiger partial charge in [0.15, 0.2) is 0 Å². The third kappa shape index (κ3) is 4.75. The molecule has 1 amide bonds. The number of carbonyl (C=O) groups excluding carboxylic acids is 1. The largest absolute Gasteiger partial charge is 0.493 e. The normalized spacial score (nSPS) is 10.6. The Morgan fingerprint density at radius 3 is 2.50 bits per heavy atom. The SMILES string of the molecule is CC(C)COc1ccc(C(=O)Nc2ccc(Br)cc2Cl)cc1. The van der Waals surface area contributed by atoms with Crippen molar-refractivity contribution in [2.24, 2.45) is 5.92 Å². The lowest BCUT2D eigenvalue weighted by molar-refractivity contribution is 0.102. The second-order valence-corrected chi connectivity index (χ2v) is 6.63. The minimum absolute atomic E-state index is 0.209. The van der Waals surface area contributed by atoms with E-state index in [2.05, 4.69) is 35.1 Å². The van der Waals surface area contributed by atoms with Crippen LogP contribution < -0.4 is 10.1 Å².